The predicted molar refractivity (Wildman–Crippen MR) is 96.8 cm³/mol. The van der Waals surface area contributed by atoms with E-state index in [0.717, 1.165) is 12.8 Å². The van der Waals surface area contributed by atoms with Crippen molar-refractivity contribution in [2.24, 2.45) is 0 Å². The standard InChI is InChI=1S/C18H22ClNO3S/c1-3-11-20(12-4-2)18(21)16-10-9-14(23-16)13-24(22)17-8-6-5-7-15(17)19/h5-10H,3-4,11-13H2,1-2H3. The van der Waals surface area contributed by atoms with Gasteiger partial charge in [-0.1, -0.05) is 37.6 Å². The van der Waals surface area contributed by atoms with Crippen LogP contribution >= 0.6 is 11.6 Å². The average molecular weight is 368 g/mol. The Hall–Kier alpha value is -1.59. The van der Waals surface area contributed by atoms with E-state index in [2.05, 4.69) is 0 Å². The second-order valence-corrected chi connectivity index (χ2v) is 7.31. The topological polar surface area (TPSA) is 50.5 Å². The van der Waals surface area contributed by atoms with Gasteiger partial charge >= 0.3 is 0 Å². The molecule has 130 valence electrons. The molecule has 2 aromatic rings. The molecule has 4 nitrogen and oxygen atoms in total. The molecule has 1 aromatic carbocycles. The first-order chi connectivity index (χ1) is 11.6. The zero-order valence-corrected chi connectivity index (χ0v) is 15.5. The number of rotatable bonds is 8. The number of carbonyl (C=O) groups is 1. The monoisotopic (exact) mass is 367 g/mol. The highest BCUT2D eigenvalue weighted by Gasteiger charge is 2.19. The van der Waals surface area contributed by atoms with Crippen molar-refractivity contribution in [2.45, 2.75) is 37.3 Å². The molecule has 0 saturated heterocycles. The first-order valence-electron chi connectivity index (χ1n) is 8.07. The number of hydrogen-bond donors (Lipinski definition) is 0. The van der Waals surface area contributed by atoms with Crippen LogP contribution in [0.15, 0.2) is 45.7 Å². The minimum absolute atomic E-state index is 0.117. The van der Waals surface area contributed by atoms with Crippen LogP contribution in [-0.2, 0) is 16.6 Å². The molecule has 2 rings (SSSR count). The summed E-state index contributed by atoms with van der Waals surface area (Å²) in [6.45, 7) is 5.48. The van der Waals surface area contributed by atoms with Crippen LogP contribution in [-0.4, -0.2) is 28.1 Å². The summed E-state index contributed by atoms with van der Waals surface area (Å²) in [5.74, 6) is 0.888. The lowest BCUT2D eigenvalue weighted by Crippen LogP contribution is -2.32. The minimum Gasteiger partial charge on any atom is -0.455 e. The zero-order chi connectivity index (χ0) is 17.5. The van der Waals surface area contributed by atoms with Crippen LogP contribution in [0.1, 0.15) is 43.0 Å². The maximum atomic E-state index is 12.5. The van der Waals surface area contributed by atoms with Crippen LogP contribution < -0.4 is 0 Å². The summed E-state index contributed by atoms with van der Waals surface area (Å²) in [5.41, 5.74) is 0. The fourth-order valence-corrected chi connectivity index (χ4v) is 3.90. The van der Waals surface area contributed by atoms with Gasteiger partial charge in [-0.05, 0) is 37.1 Å². The van der Waals surface area contributed by atoms with E-state index in [9.17, 15) is 9.00 Å². The van der Waals surface area contributed by atoms with Gasteiger partial charge in [0.25, 0.3) is 5.91 Å². The molecule has 0 aliphatic rings. The minimum atomic E-state index is -1.31. The van der Waals surface area contributed by atoms with Crippen molar-refractivity contribution in [2.75, 3.05) is 13.1 Å². The van der Waals surface area contributed by atoms with Gasteiger partial charge in [0.15, 0.2) is 5.76 Å². The normalized spacial score (nSPS) is 12.1. The Morgan fingerprint density at radius 1 is 1.12 bits per heavy atom. The predicted octanol–water partition coefficient (Wildman–Crippen LogP) is 4.50. The van der Waals surface area contributed by atoms with E-state index in [0.29, 0.717) is 34.5 Å². The first-order valence-corrected chi connectivity index (χ1v) is 9.77. The van der Waals surface area contributed by atoms with E-state index in [1.165, 1.54) is 0 Å². The maximum Gasteiger partial charge on any atom is 0.289 e. The summed E-state index contributed by atoms with van der Waals surface area (Å²) < 4.78 is 18.0. The van der Waals surface area contributed by atoms with Crippen LogP contribution in [0.3, 0.4) is 0 Å². The molecule has 1 atom stereocenters. The van der Waals surface area contributed by atoms with Crippen molar-refractivity contribution in [3.05, 3.63) is 52.9 Å². The highest BCUT2D eigenvalue weighted by molar-refractivity contribution is 7.84. The van der Waals surface area contributed by atoms with Gasteiger partial charge in [0.05, 0.1) is 26.5 Å². The molecule has 0 N–H and O–H groups in total. The molecule has 1 heterocycles. The molecule has 0 radical (unpaired) electrons. The van der Waals surface area contributed by atoms with Gasteiger partial charge < -0.3 is 9.32 Å². The summed E-state index contributed by atoms with van der Waals surface area (Å²) in [7, 11) is -1.31. The van der Waals surface area contributed by atoms with Crippen LogP contribution in [0, 0.1) is 0 Å². The molecule has 0 aliphatic heterocycles. The average Bonchev–Trinajstić information content (AvgIpc) is 3.02. The van der Waals surface area contributed by atoms with Crippen LogP contribution in [0.2, 0.25) is 5.02 Å². The highest BCUT2D eigenvalue weighted by Crippen LogP contribution is 2.22. The van der Waals surface area contributed by atoms with Crippen LogP contribution in [0.25, 0.3) is 0 Å². The molecule has 0 bridgehead atoms. The summed E-state index contributed by atoms with van der Waals surface area (Å²) >= 11 is 6.07. The number of hydrogen-bond acceptors (Lipinski definition) is 3. The molecule has 24 heavy (non-hydrogen) atoms. The summed E-state index contributed by atoms with van der Waals surface area (Å²) in [6, 6.07) is 10.4. The van der Waals surface area contributed by atoms with Gasteiger partial charge in [0.1, 0.15) is 5.76 Å². The molecule has 1 aromatic heterocycles. The van der Waals surface area contributed by atoms with Gasteiger partial charge in [0.2, 0.25) is 0 Å². The van der Waals surface area contributed by atoms with E-state index >= 15 is 0 Å². The molecule has 6 heteroatoms. The molecular weight excluding hydrogens is 346 g/mol. The SMILES string of the molecule is CCCN(CCC)C(=O)c1ccc(CS(=O)c2ccccc2Cl)o1. The first kappa shape index (κ1) is 18.7. The molecule has 1 unspecified atom stereocenters. The fraction of sp³-hybridized carbons (Fsp3) is 0.389. The van der Waals surface area contributed by atoms with Crippen molar-refractivity contribution in [1.29, 1.82) is 0 Å². The second-order valence-electron chi connectivity index (χ2n) is 5.48. The molecule has 1 amide bonds. The van der Waals surface area contributed by atoms with E-state index in [1.54, 1.807) is 41.3 Å². The molecular formula is C18H22ClNO3S. The van der Waals surface area contributed by atoms with E-state index < -0.39 is 10.8 Å². The Kier molecular flexibility index (Phi) is 7.06. The number of furan rings is 1. The highest BCUT2D eigenvalue weighted by atomic mass is 35.5. The van der Waals surface area contributed by atoms with E-state index in [4.69, 9.17) is 16.0 Å². The Balaban J connectivity index is 2.08. The summed E-state index contributed by atoms with van der Waals surface area (Å²) in [5, 5.41) is 0.468. The fourth-order valence-electron chi connectivity index (χ4n) is 2.42. The Morgan fingerprint density at radius 3 is 2.42 bits per heavy atom. The Morgan fingerprint density at radius 2 is 1.79 bits per heavy atom. The maximum absolute atomic E-state index is 12.5. The Bertz CT molecular complexity index is 708. The zero-order valence-electron chi connectivity index (χ0n) is 14.0. The van der Waals surface area contributed by atoms with E-state index in [1.807, 2.05) is 13.8 Å². The van der Waals surface area contributed by atoms with Gasteiger partial charge in [-0.2, -0.15) is 0 Å². The third-order valence-electron chi connectivity index (χ3n) is 3.50. The summed E-state index contributed by atoms with van der Waals surface area (Å²) in [4.78, 5) is 14.8. The number of halogens is 1. The second kappa shape index (κ2) is 9.04. The van der Waals surface area contributed by atoms with Crippen molar-refractivity contribution >= 4 is 28.3 Å². The quantitative estimate of drug-likeness (QED) is 0.690. The van der Waals surface area contributed by atoms with Crippen molar-refractivity contribution < 1.29 is 13.4 Å². The number of benzene rings is 1. The van der Waals surface area contributed by atoms with Gasteiger partial charge in [-0.3, -0.25) is 9.00 Å². The smallest absolute Gasteiger partial charge is 0.289 e. The van der Waals surface area contributed by atoms with Gasteiger partial charge in [-0.15, -0.1) is 0 Å². The number of carbonyl (C=O) groups excluding carboxylic acids is 1. The molecule has 0 aliphatic carbocycles. The van der Waals surface area contributed by atoms with Gasteiger partial charge in [0, 0.05) is 13.1 Å². The van der Waals surface area contributed by atoms with Crippen molar-refractivity contribution in [3.63, 3.8) is 0 Å². The molecule has 0 fully saturated rings. The lowest BCUT2D eigenvalue weighted by Gasteiger charge is -2.19. The number of amides is 1. The van der Waals surface area contributed by atoms with Crippen molar-refractivity contribution in [1.82, 2.24) is 4.90 Å². The molecule has 0 saturated carbocycles. The van der Waals surface area contributed by atoms with Gasteiger partial charge in [-0.25, -0.2) is 0 Å². The number of nitrogens with zero attached hydrogens (tertiary/aromatic N) is 1. The third kappa shape index (κ3) is 4.71. The van der Waals surface area contributed by atoms with Crippen LogP contribution in [0.4, 0.5) is 0 Å². The summed E-state index contributed by atoms with van der Waals surface area (Å²) in [6.07, 6.45) is 1.80. The lowest BCUT2D eigenvalue weighted by atomic mass is 10.3. The van der Waals surface area contributed by atoms with Crippen LogP contribution in [0.5, 0.6) is 0 Å². The molecule has 0 spiro atoms. The largest absolute Gasteiger partial charge is 0.455 e. The van der Waals surface area contributed by atoms with E-state index in [-0.39, 0.29) is 11.7 Å². The lowest BCUT2D eigenvalue weighted by molar-refractivity contribution is 0.0722. The third-order valence-corrected chi connectivity index (χ3v) is 5.34. The van der Waals surface area contributed by atoms with Crippen molar-refractivity contribution in [3.8, 4) is 0 Å². The Labute approximate surface area is 150 Å².